The molecule has 25 heavy (non-hydrogen) atoms. The first-order valence-corrected chi connectivity index (χ1v) is 10.5. The highest BCUT2D eigenvalue weighted by Gasteiger charge is 2.20. The molecule has 0 aromatic heterocycles. The van der Waals surface area contributed by atoms with Crippen LogP contribution in [0.5, 0.6) is 0 Å². The number of para-hydroxylation sites is 1. The topological polar surface area (TPSA) is 83.5 Å². The second-order valence-corrected chi connectivity index (χ2v) is 9.31. The predicted molar refractivity (Wildman–Crippen MR) is 95.0 cm³/mol. The maximum absolute atomic E-state index is 13.2. The van der Waals surface area contributed by atoms with Gasteiger partial charge in [-0.2, -0.15) is 0 Å². The summed E-state index contributed by atoms with van der Waals surface area (Å²) >= 11 is 0. The van der Waals surface area contributed by atoms with E-state index in [4.69, 9.17) is 0 Å². The summed E-state index contributed by atoms with van der Waals surface area (Å²) in [6, 6.07) is 11.9. The lowest BCUT2D eigenvalue weighted by molar-refractivity contribution is 0.579. The zero-order chi connectivity index (χ0) is 18.7. The molecule has 2 aromatic rings. The van der Waals surface area contributed by atoms with Gasteiger partial charge in [0.2, 0.25) is 20.0 Å². The fourth-order valence-electron chi connectivity index (χ4n) is 2.11. The van der Waals surface area contributed by atoms with Crippen LogP contribution >= 0.6 is 0 Å². The molecule has 0 radical (unpaired) electrons. The number of halogens is 1. The number of rotatable bonds is 7. The Morgan fingerprint density at radius 2 is 1.68 bits per heavy atom. The standard InChI is InChI=1S/C16H19FN2O4S2/c1-13-12-15(8-9-16(13)17)25(22,23)18-10-11-24(20,21)19(2)14-6-4-3-5-7-14/h3-9,12,18H,10-11H2,1-2H3. The summed E-state index contributed by atoms with van der Waals surface area (Å²) in [5, 5.41) is 0. The highest BCUT2D eigenvalue weighted by Crippen LogP contribution is 2.16. The first kappa shape index (κ1) is 19.4. The third-order valence-corrected chi connectivity index (χ3v) is 6.85. The molecule has 9 heteroatoms. The van der Waals surface area contributed by atoms with Crippen LogP contribution in [0, 0.1) is 12.7 Å². The summed E-state index contributed by atoms with van der Waals surface area (Å²) in [6.45, 7) is 1.16. The van der Waals surface area contributed by atoms with Gasteiger partial charge in [-0.15, -0.1) is 0 Å². The average molecular weight is 386 g/mol. The van der Waals surface area contributed by atoms with E-state index in [1.807, 2.05) is 0 Å². The van der Waals surface area contributed by atoms with Gasteiger partial charge in [0.15, 0.2) is 0 Å². The van der Waals surface area contributed by atoms with Gasteiger partial charge in [0.05, 0.1) is 16.3 Å². The van der Waals surface area contributed by atoms with Crippen molar-refractivity contribution in [2.45, 2.75) is 11.8 Å². The van der Waals surface area contributed by atoms with Gasteiger partial charge in [0.1, 0.15) is 5.82 Å². The van der Waals surface area contributed by atoms with Gasteiger partial charge < -0.3 is 0 Å². The lowest BCUT2D eigenvalue weighted by Gasteiger charge is -2.19. The summed E-state index contributed by atoms with van der Waals surface area (Å²) < 4.78 is 65.5. The van der Waals surface area contributed by atoms with Crippen LogP contribution in [0.15, 0.2) is 53.4 Å². The van der Waals surface area contributed by atoms with E-state index in [1.165, 1.54) is 20.0 Å². The molecule has 0 heterocycles. The molecule has 2 aromatic carbocycles. The van der Waals surface area contributed by atoms with E-state index in [1.54, 1.807) is 30.3 Å². The Bertz CT molecular complexity index is 945. The summed E-state index contributed by atoms with van der Waals surface area (Å²) in [7, 11) is -6.19. The molecule has 1 N–H and O–H groups in total. The molecular weight excluding hydrogens is 367 g/mol. The van der Waals surface area contributed by atoms with Crippen molar-refractivity contribution in [2.24, 2.45) is 0 Å². The zero-order valence-corrected chi connectivity index (χ0v) is 15.4. The Kier molecular flexibility index (Phi) is 5.81. The normalized spacial score (nSPS) is 12.1. The molecule has 0 aliphatic carbocycles. The Balaban J connectivity index is 2.04. The van der Waals surface area contributed by atoms with E-state index in [0.717, 1.165) is 16.4 Å². The molecule has 6 nitrogen and oxygen atoms in total. The van der Waals surface area contributed by atoms with Crippen LogP contribution < -0.4 is 9.03 Å². The lowest BCUT2D eigenvalue weighted by Crippen LogP contribution is -2.35. The molecule has 0 spiro atoms. The second kappa shape index (κ2) is 7.51. The van der Waals surface area contributed by atoms with Crippen molar-refractivity contribution in [1.29, 1.82) is 0 Å². The highest BCUT2D eigenvalue weighted by atomic mass is 32.2. The molecule has 0 atom stereocenters. The second-order valence-electron chi connectivity index (χ2n) is 5.43. The van der Waals surface area contributed by atoms with Gasteiger partial charge in [-0.25, -0.2) is 25.9 Å². The number of hydrogen-bond acceptors (Lipinski definition) is 4. The average Bonchev–Trinajstić information content (AvgIpc) is 2.57. The zero-order valence-electron chi connectivity index (χ0n) is 13.8. The summed E-state index contributed by atoms with van der Waals surface area (Å²) in [6.07, 6.45) is 0. The third-order valence-electron chi connectivity index (χ3n) is 3.63. The van der Waals surface area contributed by atoms with Crippen LogP contribution in [0.25, 0.3) is 0 Å². The smallest absolute Gasteiger partial charge is 0.240 e. The molecule has 0 aliphatic heterocycles. The van der Waals surface area contributed by atoms with Crippen molar-refractivity contribution in [2.75, 3.05) is 23.7 Å². The number of aryl methyl sites for hydroxylation is 1. The van der Waals surface area contributed by atoms with Crippen molar-refractivity contribution in [3.63, 3.8) is 0 Å². The van der Waals surface area contributed by atoms with E-state index >= 15 is 0 Å². The van der Waals surface area contributed by atoms with Crippen molar-refractivity contribution in [1.82, 2.24) is 4.72 Å². The van der Waals surface area contributed by atoms with Crippen LogP contribution in [-0.4, -0.2) is 36.2 Å². The van der Waals surface area contributed by atoms with Crippen LogP contribution in [0.2, 0.25) is 0 Å². The Hall–Kier alpha value is -1.97. The fourth-order valence-corrected chi connectivity index (χ4v) is 4.43. The molecule has 0 amide bonds. The minimum Gasteiger partial charge on any atom is -0.273 e. The summed E-state index contributed by atoms with van der Waals surface area (Å²) in [5.41, 5.74) is 0.679. The van der Waals surface area contributed by atoms with E-state index in [0.29, 0.717) is 5.69 Å². The Labute approximate surface area is 147 Å². The van der Waals surface area contributed by atoms with E-state index in [9.17, 15) is 21.2 Å². The number of sulfonamides is 2. The molecule has 0 unspecified atom stereocenters. The van der Waals surface area contributed by atoms with Crippen LogP contribution in [0.1, 0.15) is 5.56 Å². The summed E-state index contributed by atoms with van der Waals surface area (Å²) in [4.78, 5) is -0.111. The minimum absolute atomic E-state index is 0.111. The number of benzene rings is 2. The number of nitrogens with one attached hydrogen (secondary N) is 1. The first-order chi connectivity index (χ1) is 11.6. The Morgan fingerprint density at radius 3 is 2.28 bits per heavy atom. The maximum atomic E-state index is 13.2. The molecular formula is C16H19FN2O4S2. The molecule has 0 saturated carbocycles. The maximum Gasteiger partial charge on any atom is 0.240 e. The van der Waals surface area contributed by atoms with Crippen LogP contribution in [0.3, 0.4) is 0 Å². The van der Waals surface area contributed by atoms with Crippen LogP contribution in [-0.2, 0) is 20.0 Å². The van der Waals surface area contributed by atoms with Crippen molar-refractivity contribution in [3.8, 4) is 0 Å². The molecule has 2 rings (SSSR count). The first-order valence-electron chi connectivity index (χ1n) is 7.41. The fraction of sp³-hybridized carbons (Fsp3) is 0.250. The minimum atomic E-state index is -3.91. The van der Waals surface area contributed by atoms with E-state index < -0.39 is 31.6 Å². The quantitative estimate of drug-likeness (QED) is 0.788. The van der Waals surface area contributed by atoms with Gasteiger partial charge in [0, 0.05) is 13.6 Å². The van der Waals surface area contributed by atoms with E-state index in [2.05, 4.69) is 4.72 Å². The molecule has 0 fully saturated rings. The van der Waals surface area contributed by atoms with Gasteiger partial charge in [-0.05, 0) is 42.8 Å². The lowest BCUT2D eigenvalue weighted by atomic mass is 10.2. The van der Waals surface area contributed by atoms with Gasteiger partial charge in [-0.3, -0.25) is 4.31 Å². The molecule has 0 bridgehead atoms. The monoisotopic (exact) mass is 386 g/mol. The van der Waals surface area contributed by atoms with Crippen LogP contribution in [0.4, 0.5) is 10.1 Å². The van der Waals surface area contributed by atoms with Crippen molar-refractivity contribution in [3.05, 3.63) is 59.9 Å². The third kappa shape index (κ3) is 4.77. The van der Waals surface area contributed by atoms with Crippen molar-refractivity contribution >= 4 is 25.7 Å². The predicted octanol–water partition coefficient (Wildman–Crippen LogP) is 1.88. The van der Waals surface area contributed by atoms with Gasteiger partial charge in [-0.1, -0.05) is 18.2 Å². The largest absolute Gasteiger partial charge is 0.273 e. The summed E-state index contributed by atoms with van der Waals surface area (Å²) in [5.74, 6) is -0.913. The van der Waals surface area contributed by atoms with Crippen molar-refractivity contribution < 1.29 is 21.2 Å². The highest BCUT2D eigenvalue weighted by molar-refractivity contribution is 7.93. The SMILES string of the molecule is Cc1cc(S(=O)(=O)NCCS(=O)(=O)N(C)c2ccccc2)ccc1F. The number of hydrogen-bond donors (Lipinski definition) is 1. The van der Waals surface area contributed by atoms with E-state index in [-0.39, 0.29) is 17.0 Å². The number of nitrogens with zero attached hydrogens (tertiary/aromatic N) is 1. The molecule has 0 saturated heterocycles. The molecule has 0 aliphatic rings. The molecule has 136 valence electrons. The van der Waals surface area contributed by atoms with Gasteiger partial charge >= 0.3 is 0 Å². The Morgan fingerprint density at radius 1 is 1.04 bits per heavy atom. The van der Waals surface area contributed by atoms with Gasteiger partial charge in [0.25, 0.3) is 0 Å². The number of anilines is 1.